The molecular formula is C14H22N2O2. The molecule has 1 heterocycles. The lowest BCUT2D eigenvalue weighted by molar-refractivity contribution is -0.123. The predicted octanol–water partition coefficient (Wildman–Crippen LogP) is 2.38. The van der Waals surface area contributed by atoms with Crippen molar-refractivity contribution in [2.75, 3.05) is 0 Å². The number of hydrogen-bond donors (Lipinski definition) is 2. The molecule has 2 atom stereocenters. The first-order valence-electron chi connectivity index (χ1n) is 6.76. The van der Waals surface area contributed by atoms with Crippen LogP contribution in [0, 0.1) is 0 Å². The SMILES string of the molecule is C[C@H](N[C@H](C)C(=O)NC1CCCC1)c1ccco1. The number of carbonyl (C=O) groups is 1. The van der Waals surface area contributed by atoms with Gasteiger partial charge in [-0.15, -0.1) is 0 Å². The lowest BCUT2D eigenvalue weighted by Gasteiger charge is -2.20. The smallest absolute Gasteiger partial charge is 0.237 e. The van der Waals surface area contributed by atoms with E-state index in [1.54, 1.807) is 6.26 Å². The van der Waals surface area contributed by atoms with Gasteiger partial charge in [0.05, 0.1) is 18.3 Å². The van der Waals surface area contributed by atoms with Gasteiger partial charge in [0.15, 0.2) is 0 Å². The van der Waals surface area contributed by atoms with Crippen LogP contribution in [-0.2, 0) is 4.79 Å². The highest BCUT2D eigenvalue weighted by atomic mass is 16.3. The molecule has 0 aromatic carbocycles. The van der Waals surface area contributed by atoms with Gasteiger partial charge in [-0.25, -0.2) is 0 Å². The maximum absolute atomic E-state index is 12.0. The largest absolute Gasteiger partial charge is 0.468 e. The fraction of sp³-hybridized carbons (Fsp3) is 0.643. The Balaban J connectivity index is 1.79. The first-order valence-corrected chi connectivity index (χ1v) is 6.76. The third-order valence-electron chi connectivity index (χ3n) is 3.56. The summed E-state index contributed by atoms with van der Waals surface area (Å²) in [6, 6.07) is 3.99. The minimum atomic E-state index is -0.203. The quantitative estimate of drug-likeness (QED) is 0.843. The molecular weight excluding hydrogens is 228 g/mol. The maximum atomic E-state index is 12.0. The molecule has 4 heteroatoms. The van der Waals surface area contributed by atoms with Crippen LogP contribution in [0.25, 0.3) is 0 Å². The zero-order valence-corrected chi connectivity index (χ0v) is 11.1. The highest BCUT2D eigenvalue weighted by Crippen LogP contribution is 2.18. The Morgan fingerprint density at radius 3 is 2.72 bits per heavy atom. The van der Waals surface area contributed by atoms with Crippen LogP contribution in [0.1, 0.15) is 51.3 Å². The van der Waals surface area contributed by atoms with Crippen molar-refractivity contribution in [1.82, 2.24) is 10.6 Å². The van der Waals surface area contributed by atoms with Crippen LogP contribution >= 0.6 is 0 Å². The monoisotopic (exact) mass is 250 g/mol. The van der Waals surface area contributed by atoms with E-state index < -0.39 is 0 Å². The molecule has 0 unspecified atom stereocenters. The summed E-state index contributed by atoms with van der Waals surface area (Å²) < 4.78 is 5.32. The molecule has 0 spiro atoms. The van der Waals surface area contributed by atoms with Gasteiger partial charge >= 0.3 is 0 Å². The summed E-state index contributed by atoms with van der Waals surface area (Å²) in [4.78, 5) is 12.0. The van der Waals surface area contributed by atoms with E-state index >= 15 is 0 Å². The second-order valence-corrected chi connectivity index (χ2v) is 5.12. The number of hydrogen-bond acceptors (Lipinski definition) is 3. The summed E-state index contributed by atoms with van der Waals surface area (Å²) in [5.41, 5.74) is 0. The first kappa shape index (κ1) is 13.1. The van der Waals surface area contributed by atoms with Crippen molar-refractivity contribution >= 4 is 5.91 Å². The van der Waals surface area contributed by atoms with Gasteiger partial charge in [0, 0.05) is 6.04 Å². The topological polar surface area (TPSA) is 54.3 Å². The summed E-state index contributed by atoms with van der Waals surface area (Å²) in [5.74, 6) is 0.941. The lowest BCUT2D eigenvalue weighted by Crippen LogP contribution is -2.46. The zero-order valence-electron chi connectivity index (χ0n) is 11.1. The predicted molar refractivity (Wildman–Crippen MR) is 70.1 cm³/mol. The molecule has 1 aliphatic rings. The Hall–Kier alpha value is -1.29. The fourth-order valence-electron chi connectivity index (χ4n) is 2.47. The Kier molecular flexibility index (Phi) is 4.42. The summed E-state index contributed by atoms with van der Waals surface area (Å²) in [6.07, 6.45) is 6.35. The first-order chi connectivity index (χ1) is 8.66. The van der Waals surface area contributed by atoms with Gasteiger partial charge in [0.2, 0.25) is 5.91 Å². The van der Waals surface area contributed by atoms with Gasteiger partial charge in [-0.3, -0.25) is 10.1 Å². The molecule has 4 nitrogen and oxygen atoms in total. The van der Waals surface area contributed by atoms with Gasteiger partial charge in [0.25, 0.3) is 0 Å². The third kappa shape index (κ3) is 3.35. The molecule has 2 N–H and O–H groups in total. The molecule has 0 saturated heterocycles. The zero-order chi connectivity index (χ0) is 13.0. The van der Waals surface area contributed by atoms with Crippen molar-refractivity contribution in [2.45, 2.75) is 57.7 Å². The fourth-order valence-corrected chi connectivity index (χ4v) is 2.47. The van der Waals surface area contributed by atoms with Crippen LogP contribution in [0.3, 0.4) is 0 Å². The van der Waals surface area contributed by atoms with Crippen molar-refractivity contribution in [1.29, 1.82) is 0 Å². The molecule has 1 aromatic rings. The molecule has 1 fully saturated rings. The van der Waals surface area contributed by atoms with E-state index in [0.29, 0.717) is 6.04 Å². The van der Waals surface area contributed by atoms with Crippen LogP contribution in [-0.4, -0.2) is 18.0 Å². The number of amides is 1. The number of rotatable bonds is 5. The second-order valence-electron chi connectivity index (χ2n) is 5.12. The van der Waals surface area contributed by atoms with Gasteiger partial charge in [-0.05, 0) is 38.8 Å². The van der Waals surface area contributed by atoms with Crippen molar-refractivity contribution in [2.24, 2.45) is 0 Å². The minimum Gasteiger partial charge on any atom is -0.468 e. The highest BCUT2D eigenvalue weighted by molar-refractivity contribution is 5.81. The van der Waals surface area contributed by atoms with Gasteiger partial charge in [-0.2, -0.15) is 0 Å². The number of furan rings is 1. The maximum Gasteiger partial charge on any atom is 0.237 e. The molecule has 0 aliphatic heterocycles. The van der Waals surface area contributed by atoms with Gasteiger partial charge in [0.1, 0.15) is 5.76 Å². The van der Waals surface area contributed by atoms with E-state index in [2.05, 4.69) is 10.6 Å². The van der Waals surface area contributed by atoms with Gasteiger partial charge < -0.3 is 9.73 Å². The van der Waals surface area contributed by atoms with Crippen LogP contribution in [0.2, 0.25) is 0 Å². The van der Waals surface area contributed by atoms with E-state index in [9.17, 15) is 4.79 Å². The summed E-state index contributed by atoms with van der Waals surface area (Å²) in [6.45, 7) is 3.89. The molecule has 100 valence electrons. The Morgan fingerprint density at radius 2 is 2.11 bits per heavy atom. The van der Waals surface area contributed by atoms with Crippen LogP contribution < -0.4 is 10.6 Å². The van der Waals surface area contributed by atoms with Crippen molar-refractivity contribution in [3.63, 3.8) is 0 Å². The molecule has 1 amide bonds. The normalized spacial score (nSPS) is 19.7. The van der Waals surface area contributed by atoms with Crippen molar-refractivity contribution in [3.8, 4) is 0 Å². The molecule has 0 bridgehead atoms. The molecule has 18 heavy (non-hydrogen) atoms. The molecule has 1 saturated carbocycles. The van der Waals surface area contributed by atoms with E-state index in [-0.39, 0.29) is 18.0 Å². The molecule has 2 rings (SSSR count). The van der Waals surface area contributed by atoms with E-state index in [1.807, 2.05) is 26.0 Å². The summed E-state index contributed by atoms with van der Waals surface area (Å²) >= 11 is 0. The Labute approximate surface area is 108 Å². The Bertz CT molecular complexity index is 369. The average molecular weight is 250 g/mol. The second kappa shape index (κ2) is 6.05. The average Bonchev–Trinajstić information content (AvgIpc) is 3.01. The van der Waals surface area contributed by atoms with E-state index in [4.69, 9.17) is 4.42 Å². The standard InChI is InChI=1S/C14H22N2O2/c1-10(13-8-5-9-18-13)15-11(2)14(17)16-12-6-3-4-7-12/h5,8-12,15H,3-4,6-7H2,1-2H3,(H,16,17)/t10-,11+/m0/s1. The van der Waals surface area contributed by atoms with E-state index in [1.165, 1.54) is 12.8 Å². The summed E-state index contributed by atoms with van der Waals surface area (Å²) in [5, 5.41) is 6.35. The highest BCUT2D eigenvalue weighted by Gasteiger charge is 2.22. The number of carbonyl (C=O) groups excluding carboxylic acids is 1. The molecule has 1 aromatic heterocycles. The van der Waals surface area contributed by atoms with Crippen LogP contribution in [0.5, 0.6) is 0 Å². The van der Waals surface area contributed by atoms with Crippen molar-refractivity contribution < 1.29 is 9.21 Å². The van der Waals surface area contributed by atoms with Crippen molar-refractivity contribution in [3.05, 3.63) is 24.2 Å². The molecule has 0 radical (unpaired) electrons. The summed E-state index contributed by atoms with van der Waals surface area (Å²) in [7, 11) is 0. The van der Waals surface area contributed by atoms with E-state index in [0.717, 1.165) is 18.6 Å². The van der Waals surface area contributed by atoms with Gasteiger partial charge in [-0.1, -0.05) is 12.8 Å². The lowest BCUT2D eigenvalue weighted by atomic mass is 10.2. The van der Waals surface area contributed by atoms with Crippen LogP contribution in [0.4, 0.5) is 0 Å². The third-order valence-corrected chi connectivity index (χ3v) is 3.56. The van der Waals surface area contributed by atoms with Crippen LogP contribution in [0.15, 0.2) is 22.8 Å². The number of nitrogens with one attached hydrogen (secondary N) is 2. The Morgan fingerprint density at radius 1 is 1.39 bits per heavy atom. The minimum absolute atomic E-state index is 0.0457. The molecule has 1 aliphatic carbocycles.